The SMILES string of the molecule is C=C(CCOC)C(N)=O.CC(C)=CC(N)=O. The van der Waals surface area contributed by atoms with E-state index in [1.165, 1.54) is 6.08 Å². The third kappa shape index (κ3) is 14.9. The highest BCUT2D eigenvalue weighted by Crippen LogP contribution is 1.94. The van der Waals surface area contributed by atoms with Crippen molar-refractivity contribution in [3.8, 4) is 0 Å². The van der Waals surface area contributed by atoms with Gasteiger partial charge in [-0.05, 0) is 13.8 Å². The van der Waals surface area contributed by atoms with Crippen molar-refractivity contribution in [2.24, 2.45) is 11.5 Å². The second-order valence-corrected chi connectivity index (χ2v) is 3.33. The van der Waals surface area contributed by atoms with Crippen LogP contribution in [0.5, 0.6) is 0 Å². The molecular weight excluding hydrogens is 208 g/mol. The molecule has 0 aromatic heterocycles. The normalized spacial score (nSPS) is 8.44. The summed E-state index contributed by atoms with van der Waals surface area (Å²) < 4.78 is 4.69. The maximum absolute atomic E-state index is 10.3. The highest BCUT2D eigenvalue weighted by molar-refractivity contribution is 5.91. The van der Waals surface area contributed by atoms with Crippen LogP contribution in [0.15, 0.2) is 23.8 Å². The second-order valence-electron chi connectivity index (χ2n) is 3.33. The average Bonchev–Trinajstić information content (AvgIpc) is 2.12. The maximum Gasteiger partial charge on any atom is 0.244 e. The molecule has 0 radical (unpaired) electrons. The molecule has 0 bridgehead atoms. The molecule has 0 aliphatic rings. The van der Waals surface area contributed by atoms with Gasteiger partial charge in [-0.2, -0.15) is 0 Å². The summed E-state index contributed by atoms with van der Waals surface area (Å²) >= 11 is 0. The minimum atomic E-state index is -0.452. The van der Waals surface area contributed by atoms with Crippen LogP contribution in [0, 0.1) is 0 Å². The number of carbonyl (C=O) groups is 2. The first-order valence-corrected chi connectivity index (χ1v) is 4.72. The lowest BCUT2D eigenvalue weighted by atomic mass is 10.2. The van der Waals surface area contributed by atoms with Gasteiger partial charge in [0.2, 0.25) is 11.8 Å². The van der Waals surface area contributed by atoms with Gasteiger partial charge < -0.3 is 16.2 Å². The van der Waals surface area contributed by atoms with Crippen LogP contribution < -0.4 is 11.5 Å². The molecule has 5 nitrogen and oxygen atoms in total. The zero-order chi connectivity index (χ0) is 13.1. The largest absolute Gasteiger partial charge is 0.384 e. The Morgan fingerprint density at radius 2 is 1.81 bits per heavy atom. The Morgan fingerprint density at radius 3 is 2.00 bits per heavy atom. The van der Waals surface area contributed by atoms with Gasteiger partial charge in [0.15, 0.2) is 0 Å². The fourth-order valence-electron chi connectivity index (χ4n) is 0.633. The summed E-state index contributed by atoms with van der Waals surface area (Å²) in [6.45, 7) is 7.59. The summed E-state index contributed by atoms with van der Waals surface area (Å²) in [5.74, 6) is -0.827. The lowest BCUT2D eigenvalue weighted by molar-refractivity contribution is -0.115. The van der Waals surface area contributed by atoms with Crippen molar-refractivity contribution in [3.63, 3.8) is 0 Å². The van der Waals surface area contributed by atoms with Gasteiger partial charge in [0.05, 0.1) is 6.61 Å². The van der Waals surface area contributed by atoms with Gasteiger partial charge >= 0.3 is 0 Å². The van der Waals surface area contributed by atoms with Gasteiger partial charge in [-0.25, -0.2) is 0 Å². The average molecular weight is 228 g/mol. The quantitative estimate of drug-likeness (QED) is 0.671. The summed E-state index contributed by atoms with van der Waals surface area (Å²) in [5.41, 5.74) is 11.0. The summed E-state index contributed by atoms with van der Waals surface area (Å²) in [6.07, 6.45) is 1.91. The molecule has 0 aromatic carbocycles. The predicted octanol–water partition coefficient (Wildman–Crippen LogP) is 0.502. The smallest absolute Gasteiger partial charge is 0.244 e. The molecule has 0 aliphatic carbocycles. The minimum absolute atomic E-state index is 0.375. The monoisotopic (exact) mass is 228 g/mol. The molecule has 0 saturated heterocycles. The van der Waals surface area contributed by atoms with Crippen molar-refractivity contribution in [2.75, 3.05) is 13.7 Å². The standard InChI is InChI=1S/C6H11NO2.C5H9NO/c1-5(6(7)8)3-4-9-2;1-4(2)3-5(6)7/h1,3-4H2,2H3,(H2,7,8);3H,1-2H3,(H2,6,7). The van der Waals surface area contributed by atoms with E-state index in [-0.39, 0.29) is 5.91 Å². The molecule has 0 atom stereocenters. The molecule has 0 aromatic rings. The van der Waals surface area contributed by atoms with Crippen LogP contribution in [0.4, 0.5) is 0 Å². The van der Waals surface area contributed by atoms with E-state index in [9.17, 15) is 9.59 Å². The molecule has 16 heavy (non-hydrogen) atoms. The number of nitrogens with two attached hydrogens (primary N) is 2. The second kappa shape index (κ2) is 9.92. The summed E-state index contributed by atoms with van der Waals surface area (Å²) in [4.78, 5) is 20.2. The van der Waals surface area contributed by atoms with E-state index in [0.717, 1.165) is 5.57 Å². The fraction of sp³-hybridized carbons (Fsp3) is 0.455. The first-order valence-electron chi connectivity index (χ1n) is 4.72. The Balaban J connectivity index is 0. The molecule has 0 rings (SSSR count). The zero-order valence-electron chi connectivity index (χ0n) is 10.1. The van der Waals surface area contributed by atoms with Crippen LogP contribution in [0.2, 0.25) is 0 Å². The zero-order valence-corrected chi connectivity index (χ0v) is 10.1. The van der Waals surface area contributed by atoms with E-state index < -0.39 is 5.91 Å². The van der Waals surface area contributed by atoms with Gasteiger partial charge in [-0.15, -0.1) is 0 Å². The van der Waals surface area contributed by atoms with Gasteiger partial charge in [0.25, 0.3) is 0 Å². The number of primary amides is 2. The van der Waals surface area contributed by atoms with Crippen molar-refractivity contribution < 1.29 is 14.3 Å². The lowest BCUT2D eigenvalue weighted by Gasteiger charge is -1.97. The Hall–Kier alpha value is -1.62. The Morgan fingerprint density at radius 1 is 1.31 bits per heavy atom. The highest BCUT2D eigenvalue weighted by Gasteiger charge is 1.98. The predicted molar refractivity (Wildman–Crippen MR) is 63.5 cm³/mol. The summed E-state index contributed by atoms with van der Waals surface area (Å²) in [7, 11) is 1.56. The van der Waals surface area contributed by atoms with E-state index in [1.807, 2.05) is 13.8 Å². The van der Waals surface area contributed by atoms with E-state index in [2.05, 4.69) is 6.58 Å². The summed E-state index contributed by atoms with van der Waals surface area (Å²) in [6, 6.07) is 0. The molecule has 0 spiro atoms. The van der Waals surface area contributed by atoms with E-state index in [4.69, 9.17) is 16.2 Å². The first kappa shape index (κ1) is 16.8. The van der Waals surface area contributed by atoms with Crippen LogP contribution in [0.1, 0.15) is 20.3 Å². The Bertz CT molecular complexity index is 279. The molecular formula is C11H20N2O3. The molecule has 0 aliphatic heterocycles. The van der Waals surface area contributed by atoms with E-state index in [0.29, 0.717) is 18.6 Å². The topological polar surface area (TPSA) is 95.4 Å². The van der Waals surface area contributed by atoms with Gasteiger partial charge in [-0.1, -0.05) is 12.2 Å². The highest BCUT2D eigenvalue weighted by atomic mass is 16.5. The molecule has 5 heteroatoms. The number of carbonyl (C=O) groups excluding carboxylic acids is 2. The fourth-order valence-corrected chi connectivity index (χ4v) is 0.633. The van der Waals surface area contributed by atoms with Gasteiger partial charge in [-0.3, -0.25) is 9.59 Å². The maximum atomic E-state index is 10.3. The van der Waals surface area contributed by atoms with Crippen LogP contribution in [0.3, 0.4) is 0 Å². The van der Waals surface area contributed by atoms with Gasteiger partial charge in [0, 0.05) is 25.2 Å². The van der Waals surface area contributed by atoms with Crippen molar-refractivity contribution in [1.29, 1.82) is 0 Å². The number of hydrogen-bond acceptors (Lipinski definition) is 3. The minimum Gasteiger partial charge on any atom is -0.384 e. The number of allylic oxidation sites excluding steroid dienone is 1. The van der Waals surface area contributed by atoms with Crippen LogP contribution in [-0.2, 0) is 14.3 Å². The Labute approximate surface area is 96.1 Å². The van der Waals surface area contributed by atoms with Crippen LogP contribution >= 0.6 is 0 Å². The number of hydrogen-bond donors (Lipinski definition) is 2. The molecule has 4 N–H and O–H groups in total. The van der Waals surface area contributed by atoms with Crippen molar-refractivity contribution in [3.05, 3.63) is 23.8 Å². The third-order valence-electron chi connectivity index (χ3n) is 1.39. The van der Waals surface area contributed by atoms with Crippen LogP contribution in [0.25, 0.3) is 0 Å². The Kier molecular flexibility index (Phi) is 10.4. The third-order valence-corrected chi connectivity index (χ3v) is 1.39. The van der Waals surface area contributed by atoms with Crippen molar-refractivity contribution in [1.82, 2.24) is 0 Å². The molecule has 0 heterocycles. The van der Waals surface area contributed by atoms with E-state index >= 15 is 0 Å². The number of amides is 2. The molecule has 0 saturated carbocycles. The molecule has 0 unspecified atom stereocenters. The van der Waals surface area contributed by atoms with Gasteiger partial charge in [0.1, 0.15) is 0 Å². The lowest BCUT2D eigenvalue weighted by Crippen LogP contribution is -2.14. The molecule has 2 amide bonds. The van der Waals surface area contributed by atoms with Crippen LogP contribution in [-0.4, -0.2) is 25.5 Å². The van der Waals surface area contributed by atoms with Crippen molar-refractivity contribution >= 4 is 11.8 Å². The molecule has 92 valence electrons. The van der Waals surface area contributed by atoms with Crippen molar-refractivity contribution in [2.45, 2.75) is 20.3 Å². The summed E-state index contributed by atoms with van der Waals surface area (Å²) in [5, 5.41) is 0. The first-order chi connectivity index (χ1) is 7.31. The van der Waals surface area contributed by atoms with E-state index in [1.54, 1.807) is 7.11 Å². The number of ether oxygens (including phenoxy) is 1. The number of methoxy groups -OCH3 is 1. The molecule has 0 fully saturated rings. The number of rotatable bonds is 5.